The smallest absolute Gasteiger partial charge is 0.336 e. The number of fused-ring (bicyclic) bond motifs is 1. The van der Waals surface area contributed by atoms with Crippen molar-refractivity contribution in [3.63, 3.8) is 0 Å². The molecule has 0 unspecified atom stereocenters. The van der Waals surface area contributed by atoms with Gasteiger partial charge in [-0.25, -0.2) is 4.79 Å². The predicted octanol–water partition coefficient (Wildman–Crippen LogP) is 2.77. The average Bonchev–Trinajstić information content (AvgIpc) is 2.33. The van der Waals surface area contributed by atoms with Crippen molar-refractivity contribution < 1.29 is 13.9 Å². The van der Waals surface area contributed by atoms with Crippen LogP contribution in [0.25, 0.3) is 11.0 Å². The number of carbonyl (C=O) groups excluding carboxylic acids is 1. The van der Waals surface area contributed by atoms with Gasteiger partial charge in [-0.15, -0.1) is 0 Å². The Morgan fingerprint density at radius 3 is 2.63 bits per heavy atom. The van der Waals surface area contributed by atoms with Gasteiger partial charge < -0.3 is 9.15 Å². The number of Topliss-reactive ketones (excluding diaryl/α,β-unsaturated/α-hetero) is 1. The van der Waals surface area contributed by atoms with Gasteiger partial charge in [-0.05, 0) is 45.4 Å². The fourth-order valence-electron chi connectivity index (χ4n) is 1.90. The molecule has 19 heavy (non-hydrogen) atoms. The molecule has 2 rings (SSSR count). The van der Waals surface area contributed by atoms with E-state index in [2.05, 4.69) is 0 Å². The number of carbonyl (C=O) groups is 1. The number of hydrogen-bond acceptors (Lipinski definition) is 4. The van der Waals surface area contributed by atoms with E-state index >= 15 is 0 Å². The molecule has 0 saturated heterocycles. The van der Waals surface area contributed by atoms with Gasteiger partial charge in [0.2, 0.25) is 0 Å². The molecule has 0 saturated carbocycles. The number of benzene rings is 1. The van der Waals surface area contributed by atoms with E-state index < -0.39 is 6.10 Å². The van der Waals surface area contributed by atoms with Crippen LogP contribution >= 0.6 is 0 Å². The van der Waals surface area contributed by atoms with E-state index in [1.54, 1.807) is 13.0 Å². The summed E-state index contributed by atoms with van der Waals surface area (Å²) in [4.78, 5) is 22.7. The first-order chi connectivity index (χ1) is 8.90. The highest BCUT2D eigenvalue weighted by Gasteiger charge is 2.14. The van der Waals surface area contributed by atoms with Crippen LogP contribution in [0.4, 0.5) is 0 Å². The molecule has 1 aromatic heterocycles. The lowest BCUT2D eigenvalue weighted by atomic mass is 10.1. The van der Waals surface area contributed by atoms with Gasteiger partial charge in [-0.2, -0.15) is 0 Å². The molecule has 0 aliphatic carbocycles. The van der Waals surface area contributed by atoms with Gasteiger partial charge in [0.15, 0.2) is 11.9 Å². The van der Waals surface area contributed by atoms with E-state index in [1.807, 2.05) is 19.9 Å². The number of ether oxygens (including phenoxy) is 1. The van der Waals surface area contributed by atoms with E-state index in [4.69, 9.17) is 9.15 Å². The molecule has 1 heterocycles. The second-order valence-corrected chi connectivity index (χ2v) is 4.68. The Bertz CT molecular complexity index is 697. The third-order valence-electron chi connectivity index (χ3n) is 3.19. The second kappa shape index (κ2) is 4.88. The Labute approximate surface area is 111 Å². The zero-order valence-corrected chi connectivity index (χ0v) is 11.4. The van der Waals surface area contributed by atoms with Crippen molar-refractivity contribution in [1.82, 2.24) is 0 Å². The minimum absolute atomic E-state index is 0.0507. The molecule has 1 atom stereocenters. The lowest BCUT2D eigenvalue weighted by Gasteiger charge is -2.15. The fraction of sp³-hybridized carbons (Fsp3) is 0.333. The third kappa shape index (κ3) is 2.52. The van der Waals surface area contributed by atoms with Crippen LogP contribution in [0, 0.1) is 13.8 Å². The van der Waals surface area contributed by atoms with Gasteiger partial charge in [0.05, 0.1) is 0 Å². The quantitative estimate of drug-likeness (QED) is 0.796. The van der Waals surface area contributed by atoms with Crippen molar-refractivity contribution in [3.8, 4) is 5.75 Å². The summed E-state index contributed by atoms with van der Waals surface area (Å²) in [6.07, 6.45) is -0.521. The maximum absolute atomic E-state index is 11.4. The van der Waals surface area contributed by atoms with Gasteiger partial charge in [-0.3, -0.25) is 4.79 Å². The standard InChI is InChI=1S/C15H16O4/c1-8-7-14(17)19-15-9(2)13(6-5-12(8)15)18-11(4)10(3)16/h5-7,11H,1-4H3/t11-/m0/s1. The van der Waals surface area contributed by atoms with Crippen molar-refractivity contribution in [1.29, 1.82) is 0 Å². The highest BCUT2D eigenvalue weighted by atomic mass is 16.5. The Morgan fingerprint density at radius 2 is 2.00 bits per heavy atom. The largest absolute Gasteiger partial charge is 0.483 e. The first-order valence-corrected chi connectivity index (χ1v) is 6.11. The summed E-state index contributed by atoms with van der Waals surface area (Å²) in [5.74, 6) is 0.508. The molecule has 0 fully saturated rings. The molecule has 4 nitrogen and oxygen atoms in total. The zero-order valence-electron chi connectivity index (χ0n) is 11.4. The number of hydrogen-bond donors (Lipinski definition) is 0. The van der Waals surface area contributed by atoms with E-state index in [1.165, 1.54) is 13.0 Å². The molecule has 0 amide bonds. The molecule has 2 aromatic rings. The van der Waals surface area contributed by atoms with Gasteiger partial charge >= 0.3 is 5.63 Å². The molecule has 0 N–H and O–H groups in total. The topological polar surface area (TPSA) is 56.5 Å². The minimum Gasteiger partial charge on any atom is -0.483 e. The van der Waals surface area contributed by atoms with Crippen molar-refractivity contribution in [2.45, 2.75) is 33.8 Å². The Kier molecular flexibility index (Phi) is 3.42. The molecule has 1 aromatic carbocycles. The molecular formula is C15H16O4. The van der Waals surface area contributed by atoms with Crippen molar-refractivity contribution in [3.05, 3.63) is 39.7 Å². The highest BCUT2D eigenvalue weighted by Crippen LogP contribution is 2.28. The van der Waals surface area contributed by atoms with Crippen LogP contribution < -0.4 is 10.4 Å². The van der Waals surface area contributed by atoms with Gasteiger partial charge in [0.1, 0.15) is 11.3 Å². The summed E-state index contributed by atoms with van der Waals surface area (Å²) < 4.78 is 10.8. The van der Waals surface area contributed by atoms with Gasteiger partial charge in [0.25, 0.3) is 0 Å². The molecule has 0 spiro atoms. The Balaban J connectivity index is 2.57. The summed E-state index contributed by atoms with van der Waals surface area (Å²) in [5.41, 5.74) is 1.72. The first kappa shape index (κ1) is 13.3. The third-order valence-corrected chi connectivity index (χ3v) is 3.19. The van der Waals surface area contributed by atoms with E-state index in [9.17, 15) is 9.59 Å². The van der Waals surface area contributed by atoms with Crippen molar-refractivity contribution in [2.24, 2.45) is 0 Å². The molecule has 0 aliphatic heterocycles. The maximum atomic E-state index is 11.4. The number of rotatable bonds is 3. The number of ketones is 1. The van der Waals surface area contributed by atoms with Gasteiger partial charge in [-0.1, -0.05) is 0 Å². The fourth-order valence-corrected chi connectivity index (χ4v) is 1.90. The monoisotopic (exact) mass is 260 g/mol. The van der Waals surface area contributed by atoms with Gasteiger partial charge in [0, 0.05) is 17.0 Å². The second-order valence-electron chi connectivity index (χ2n) is 4.68. The summed E-state index contributed by atoms with van der Waals surface area (Å²) >= 11 is 0. The van der Waals surface area contributed by atoms with E-state index in [-0.39, 0.29) is 11.4 Å². The van der Waals surface area contributed by atoms with Crippen LogP contribution in [0.3, 0.4) is 0 Å². The van der Waals surface area contributed by atoms with Crippen LogP contribution in [0.1, 0.15) is 25.0 Å². The Morgan fingerprint density at radius 1 is 1.32 bits per heavy atom. The summed E-state index contributed by atoms with van der Waals surface area (Å²) in [5, 5.41) is 0.875. The molecule has 0 bridgehead atoms. The van der Waals surface area contributed by atoms with E-state index in [0.717, 1.165) is 16.5 Å². The van der Waals surface area contributed by atoms with Crippen LogP contribution in [-0.2, 0) is 4.79 Å². The molecule has 0 aliphatic rings. The van der Waals surface area contributed by atoms with Crippen LogP contribution in [0.15, 0.2) is 27.4 Å². The lowest BCUT2D eigenvalue weighted by Crippen LogP contribution is -2.21. The zero-order chi connectivity index (χ0) is 14.2. The van der Waals surface area contributed by atoms with Crippen LogP contribution in [0.5, 0.6) is 5.75 Å². The summed E-state index contributed by atoms with van der Waals surface area (Å²) in [6, 6.07) is 5.09. The minimum atomic E-state index is -0.521. The van der Waals surface area contributed by atoms with Crippen LogP contribution in [0.2, 0.25) is 0 Å². The molecule has 4 heteroatoms. The van der Waals surface area contributed by atoms with Crippen LogP contribution in [-0.4, -0.2) is 11.9 Å². The lowest BCUT2D eigenvalue weighted by molar-refractivity contribution is -0.122. The summed E-state index contributed by atoms with van der Waals surface area (Å²) in [6.45, 7) is 6.84. The molecule has 100 valence electrons. The Hall–Kier alpha value is -2.10. The van der Waals surface area contributed by atoms with Crippen molar-refractivity contribution in [2.75, 3.05) is 0 Å². The average molecular weight is 260 g/mol. The number of aryl methyl sites for hydroxylation is 2. The predicted molar refractivity (Wildman–Crippen MR) is 72.7 cm³/mol. The molecular weight excluding hydrogens is 244 g/mol. The first-order valence-electron chi connectivity index (χ1n) is 6.11. The SMILES string of the molecule is CC(=O)[C@H](C)Oc1ccc2c(C)cc(=O)oc2c1C. The van der Waals surface area contributed by atoms with E-state index in [0.29, 0.717) is 11.3 Å². The van der Waals surface area contributed by atoms with Crippen molar-refractivity contribution >= 4 is 16.8 Å². The highest BCUT2D eigenvalue weighted by molar-refractivity contribution is 5.85. The normalized spacial score (nSPS) is 12.4. The maximum Gasteiger partial charge on any atom is 0.336 e. The summed E-state index contributed by atoms with van der Waals surface area (Å²) in [7, 11) is 0. The molecule has 0 radical (unpaired) electrons.